The smallest absolute Gasteiger partial charge is 0.201 e. The maximum atomic E-state index is 9.32. The molecule has 0 amide bonds. The lowest BCUT2D eigenvalue weighted by atomic mass is 9.78. The van der Waals surface area contributed by atoms with Gasteiger partial charge in [0.2, 0.25) is 5.69 Å². The predicted molar refractivity (Wildman–Crippen MR) is 100 cm³/mol. The maximum absolute atomic E-state index is 9.32. The Kier molecular flexibility index (Phi) is 3.30. The van der Waals surface area contributed by atoms with Gasteiger partial charge in [0.15, 0.2) is 6.20 Å². The van der Waals surface area contributed by atoms with Crippen molar-refractivity contribution in [1.29, 1.82) is 5.26 Å². The van der Waals surface area contributed by atoms with E-state index in [-0.39, 0.29) is 5.41 Å². The summed E-state index contributed by atoms with van der Waals surface area (Å²) in [6, 6.07) is 19.1. The average molecular weight is 325 g/mol. The van der Waals surface area contributed by atoms with Crippen molar-refractivity contribution in [2.45, 2.75) is 26.2 Å². The molecule has 2 nitrogen and oxygen atoms in total. The van der Waals surface area contributed by atoms with Crippen LogP contribution >= 0.6 is 0 Å². The number of fused-ring (bicyclic) bond motifs is 3. The van der Waals surface area contributed by atoms with E-state index in [1.165, 1.54) is 39.1 Å². The minimum atomic E-state index is -0.137. The molecule has 0 N–H and O–H groups in total. The van der Waals surface area contributed by atoms with Crippen LogP contribution in [0.3, 0.4) is 0 Å². The summed E-state index contributed by atoms with van der Waals surface area (Å²) in [6.07, 6.45) is 2.09. The summed E-state index contributed by atoms with van der Waals surface area (Å²) in [4.78, 5) is 0. The SMILES string of the molecule is Cc1ccc2c(c1-c1cccc[n+]1C)C(C)(C)c1cc(C#N)ccc1-2. The van der Waals surface area contributed by atoms with Crippen molar-refractivity contribution in [3.05, 3.63) is 77.0 Å². The Labute approximate surface area is 149 Å². The van der Waals surface area contributed by atoms with Crippen LogP contribution in [-0.2, 0) is 12.5 Å². The lowest BCUT2D eigenvalue weighted by molar-refractivity contribution is -0.660. The molecule has 3 aromatic rings. The van der Waals surface area contributed by atoms with E-state index in [0.29, 0.717) is 0 Å². The van der Waals surface area contributed by atoms with Crippen molar-refractivity contribution < 1.29 is 4.57 Å². The highest BCUT2D eigenvalue weighted by molar-refractivity contribution is 5.88. The van der Waals surface area contributed by atoms with Crippen molar-refractivity contribution in [2.75, 3.05) is 0 Å². The zero-order valence-electron chi connectivity index (χ0n) is 15.1. The minimum Gasteiger partial charge on any atom is -0.201 e. The fourth-order valence-corrected chi connectivity index (χ4v) is 4.19. The second kappa shape index (κ2) is 5.29. The lowest BCUT2D eigenvalue weighted by Crippen LogP contribution is -2.31. The van der Waals surface area contributed by atoms with E-state index in [9.17, 15) is 5.26 Å². The van der Waals surface area contributed by atoms with Gasteiger partial charge in [0.05, 0.1) is 17.2 Å². The van der Waals surface area contributed by atoms with E-state index in [4.69, 9.17) is 0 Å². The molecule has 0 saturated carbocycles. The van der Waals surface area contributed by atoms with Crippen LogP contribution in [-0.4, -0.2) is 0 Å². The van der Waals surface area contributed by atoms with Gasteiger partial charge < -0.3 is 0 Å². The van der Waals surface area contributed by atoms with E-state index in [1.807, 2.05) is 6.07 Å². The van der Waals surface area contributed by atoms with Gasteiger partial charge in [0.1, 0.15) is 7.05 Å². The molecule has 0 aliphatic heterocycles. The zero-order chi connectivity index (χ0) is 17.8. The molecule has 2 aromatic carbocycles. The zero-order valence-corrected chi connectivity index (χ0v) is 15.1. The standard InChI is InChI=1S/C23H21N2/c1-15-8-10-18-17-11-9-16(14-24)13-19(17)23(2,3)22(18)21(15)20-7-5-6-12-25(20)4/h5-13H,1-4H3/q+1. The molecule has 0 fully saturated rings. The maximum Gasteiger partial charge on any atom is 0.212 e. The molecule has 0 bridgehead atoms. The van der Waals surface area contributed by atoms with Gasteiger partial charge in [0.25, 0.3) is 0 Å². The summed E-state index contributed by atoms with van der Waals surface area (Å²) in [5, 5.41) is 9.32. The molecule has 1 aromatic heterocycles. The Morgan fingerprint density at radius 2 is 1.76 bits per heavy atom. The van der Waals surface area contributed by atoms with Crippen LogP contribution in [0.4, 0.5) is 0 Å². The molecule has 4 rings (SSSR count). The first-order valence-electron chi connectivity index (χ1n) is 8.59. The van der Waals surface area contributed by atoms with Gasteiger partial charge in [-0.1, -0.05) is 32.0 Å². The molecular formula is C23H21N2+. The summed E-state index contributed by atoms with van der Waals surface area (Å²) in [5.74, 6) is 0. The van der Waals surface area contributed by atoms with Gasteiger partial charge >= 0.3 is 0 Å². The van der Waals surface area contributed by atoms with Crippen LogP contribution in [0.5, 0.6) is 0 Å². The highest BCUT2D eigenvalue weighted by Crippen LogP contribution is 2.52. The third kappa shape index (κ3) is 2.13. The van der Waals surface area contributed by atoms with E-state index in [0.717, 1.165) is 5.56 Å². The highest BCUT2D eigenvalue weighted by Gasteiger charge is 2.39. The minimum absolute atomic E-state index is 0.137. The number of hydrogen-bond acceptors (Lipinski definition) is 1. The monoisotopic (exact) mass is 325 g/mol. The molecule has 1 aliphatic carbocycles. The fraction of sp³-hybridized carbons (Fsp3) is 0.217. The number of hydrogen-bond donors (Lipinski definition) is 0. The number of aryl methyl sites for hydroxylation is 2. The molecule has 25 heavy (non-hydrogen) atoms. The first-order valence-corrected chi connectivity index (χ1v) is 8.59. The fourth-order valence-electron chi connectivity index (χ4n) is 4.19. The van der Waals surface area contributed by atoms with E-state index in [1.54, 1.807) is 0 Å². The summed E-state index contributed by atoms with van der Waals surface area (Å²) in [7, 11) is 2.09. The van der Waals surface area contributed by atoms with E-state index >= 15 is 0 Å². The third-order valence-corrected chi connectivity index (χ3v) is 5.46. The van der Waals surface area contributed by atoms with Gasteiger partial charge in [-0.05, 0) is 52.9 Å². The van der Waals surface area contributed by atoms with Gasteiger partial charge in [-0.2, -0.15) is 5.26 Å². The first-order chi connectivity index (χ1) is 11.9. The molecule has 1 aliphatic rings. The van der Waals surface area contributed by atoms with Crippen LogP contribution in [0.2, 0.25) is 0 Å². The molecule has 0 atom stereocenters. The van der Waals surface area contributed by atoms with Crippen molar-refractivity contribution in [3.63, 3.8) is 0 Å². The number of aromatic nitrogens is 1. The Morgan fingerprint density at radius 1 is 1.00 bits per heavy atom. The molecule has 0 unspecified atom stereocenters. The highest BCUT2D eigenvalue weighted by atomic mass is 14.9. The Hall–Kier alpha value is -2.92. The third-order valence-electron chi connectivity index (χ3n) is 5.46. The van der Waals surface area contributed by atoms with Crippen LogP contribution < -0.4 is 4.57 Å². The molecule has 2 heteroatoms. The van der Waals surface area contributed by atoms with Crippen molar-refractivity contribution in [2.24, 2.45) is 7.05 Å². The molecule has 0 saturated heterocycles. The number of benzene rings is 2. The van der Waals surface area contributed by atoms with E-state index in [2.05, 4.69) is 87.1 Å². The normalized spacial score (nSPS) is 13.9. The van der Waals surface area contributed by atoms with Crippen LogP contribution in [0.1, 0.15) is 36.1 Å². The number of rotatable bonds is 1. The van der Waals surface area contributed by atoms with Crippen LogP contribution in [0.15, 0.2) is 54.7 Å². The molecule has 122 valence electrons. The summed E-state index contributed by atoms with van der Waals surface area (Å²) in [5.41, 5.74) is 9.53. The topological polar surface area (TPSA) is 27.7 Å². The summed E-state index contributed by atoms with van der Waals surface area (Å²) in [6.45, 7) is 6.72. The molecule has 1 heterocycles. The second-order valence-electron chi connectivity index (χ2n) is 7.37. The number of pyridine rings is 1. The van der Waals surface area contributed by atoms with Gasteiger partial charge in [0, 0.05) is 17.5 Å². The summed E-state index contributed by atoms with van der Waals surface area (Å²) < 4.78 is 2.18. The lowest BCUT2D eigenvalue weighted by Gasteiger charge is -2.24. The van der Waals surface area contributed by atoms with E-state index < -0.39 is 0 Å². The van der Waals surface area contributed by atoms with Crippen LogP contribution in [0.25, 0.3) is 22.4 Å². The molecule has 0 spiro atoms. The Balaban J connectivity index is 2.09. The molecule has 0 radical (unpaired) electrons. The largest absolute Gasteiger partial charge is 0.212 e. The Bertz CT molecular complexity index is 1050. The first kappa shape index (κ1) is 15.6. The quantitative estimate of drug-likeness (QED) is 0.598. The van der Waals surface area contributed by atoms with Gasteiger partial charge in [-0.15, -0.1) is 0 Å². The van der Waals surface area contributed by atoms with Crippen molar-refractivity contribution in [1.82, 2.24) is 0 Å². The van der Waals surface area contributed by atoms with Crippen molar-refractivity contribution >= 4 is 0 Å². The number of nitriles is 1. The number of nitrogens with zero attached hydrogens (tertiary/aromatic N) is 2. The second-order valence-corrected chi connectivity index (χ2v) is 7.37. The summed E-state index contributed by atoms with van der Waals surface area (Å²) >= 11 is 0. The Morgan fingerprint density at radius 3 is 2.48 bits per heavy atom. The predicted octanol–water partition coefficient (Wildman–Crippen LogP) is 4.66. The molecular weight excluding hydrogens is 304 g/mol. The van der Waals surface area contributed by atoms with Gasteiger partial charge in [-0.3, -0.25) is 0 Å². The van der Waals surface area contributed by atoms with Crippen molar-refractivity contribution in [3.8, 4) is 28.5 Å². The van der Waals surface area contributed by atoms with Gasteiger partial charge in [-0.25, -0.2) is 4.57 Å². The average Bonchev–Trinajstić information content (AvgIpc) is 2.83. The van der Waals surface area contributed by atoms with Crippen LogP contribution in [0, 0.1) is 18.3 Å².